The predicted octanol–water partition coefficient (Wildman–Crippen LogP) is -0.0328. The van der Waals surface area contributed by atoms with Crippen molar-refractivity contribution in [2.75, 3.05) is 0 Å². The molecule has 0 unspecified atom stereocenters. The van der Waals surface area contributed by atoms with Gasteiger partial charge in [-0.2, -0.15) is 0 Å². The van der Waals surface area contributed by atoms with Crippen LogP contribution in [-0.2, 0) is 10.2 Å². The Morgan fingerprint density at radius 1 is 1.00 bits per heavy atom. The molecule has 0 saturated heterocycles. The van der Waals surface area contributed by atoms with Crippen molar-refractivity contribution in [1.29, 1.82) is 0 Å². The van der Waals surface area contributed by atoms with Crippen LogP contribution in [-0.4, -0.2) is 23.0 Å². The molecule has 6 heteroatoms. The van der Waals surface area contributed by atoms with Crippen LogP contribution in [0, 0.1) is 0 Å². The third kappa shape index (κ3) is 8.72. The number of para-hydroxylation sites is 1. The maximum Gasteiger partial charge on any atom is 1.00 e. The minimum Gasteiger partial charge on any atom is -0.872 e. The quantitative estimate of drug-likeness (QED) is 0.711. The third-order valence-corrected chi connectivity index (χ3v) is 2.85. The molecule has 0 fully saturated rings. The second-order valence-electron chi connectivity index (χ2n) is 5.60. The molecular weight excluding hydrogens is 319 g/mol. The van der Waals surface area contributed by atoms with E-state index in [1.54, 1.807) is 12.1 Å². The molecule has 0 bridgehead atoms. The van der Waals surface area contributed by atoms with Crippen LogP contribution in [0.15, 0.2) is 48.5 Å². The van der Waals surface area contributed by atoms with Crippen molar-refractivity contribution >= 4 is 12.8 Å². The van der Waals surface area contributed by atoms with Crippen LogP contribution in [0.2, 0.25) is 0 Å². The van der Waals surface area contributed by atoms with E-state index in [0.29, 0.717) is 5.75 Å². The average molecular weight is 340 g/mol. The van der Waals surface area contributed by atoms with Crippen LogP contribution in [0.5, 0.6) is 11.5 Å². The predicted molar refractivity (Wildman–Crippen MR) is 86.8 cm³/mol. The molecule has 5 nitrogen and oxygen atoms in total. The van der Waals surface area contributed by atoms with Crippen molar-refractivity contribution in [2.24, 2.45) is 0 Å². The van der Waals surface area contributed by atoms with Crippen LogP contribution in [0.3, 0.4) is 0 Å². The summed E-state index contributed by atoms with van der Waals surface area (Å²) in [5.74, 6) is -1.29. The van der Waals surface area contributed by atoms with E-state index in [-0.39, 0.29) is 40.5 Å². The second-order valence-corrected chi connectivity index (χ2v) is 5.60. The van der Waals surface area contributed by atoms with Gasteiger partial charge >= 0.3 is 35.5 Å². The molecule has 0 aliphatic rings. The maximum absolute atomic E-state index is 10.7. The molecule has 0 radical (unpaired) electrons. The number of phenols is 1. The number of carboxylic acids is 1. The summed E-state index contributed by atoms with van der Waals surface area (Å²) in [4.78, 5) is 18.2. The molecule has 2 rings (SSSR count). The minimum absolute atomic E-state index is 0. The number of hydrogen-bond acceptors (Lipinski definition) is 4. The van der Waals surface area contributed by atoms with Gasteiger partial charge in [-0.1, -0.05) is 56.9 Å². The number of carbonyl (C=O) groups excluding carboxylic acids is 1. The van der Waals surface area contributed by atoms with Crippen LogP contribution in [0.25, 0.3) is 0 Å². The summed E-state index contributed by atoms with van der Waals surface area (Å²) in [5.41, 5.74) is 1.24. The van der Waals surface area contributed by atoms with Gasteiger partial charge in [-0.25, -0.2) is 4.79 Å². The number of aromatic hydroxyl groups is 1. The van der Waals surface area contributed by atoms with E-state index in [9.17, 15) is 9.90 Å². The van der Waals surface area contributed by atoms with E-state index >= 15 is 0 Å². The van der Waals surface area contributed by atoms with Crippen molar-refractivity contribution in [3.05, 3.63) is 59.7 Å². The Morgan fingerprint density at radius 3 is 1.79 bits per heavy atom. The van der Waals surface area contributed by atoms with E-state index in [4.69, 9.17) is 15.0 Å². The SMILES string of the molecule is C=O.CC(C)(C)c1ccc(O)cc1.O=C(O)c1ccccc1[O-].[Na+]. The smallest absolute Gasteiger partial charge is 0.872 e. The summed E-state index contributed by atoms with van der Waals surface area (Å²) in [5, 5.41) is 28.1. The molecule has 0 spiro atoms. The van der Waals surface area contributed by atoms with Gasteiger partial charge in [-0.05, 0) is 29.2 Å². The molecule has 0 aliphatic heterocycles. The fraction of sp³-hybridized carbons (Fsp3) is 0.222. The van der Waals surface area contributed by atoms with E-state index in [0.717, 1.165) is 0 Å². The van der Waals surface area contributed by atoms with Crippen LogP contribution in [0.4, 0.5) is 0 Å². The zero-order chi connectivity index (χ0) is 18.0. The number of carboxylic acid groups (broad SMARTS) is 1. The Hall–Kier alpha value is -1.82. The molecular formula is C18H21NaO5. The Balaban J connectivity index is 0. The largest absolute Gasteiger partial charge is 1.00 e. The topological polar surface area (TPSA) is 97.7 Å². The van der Waals surface area contributed by atoms with Crippen molar-refractivity contribution < 1.29 is 54.5 Å². The van der Waals surface area contributed by atoms with Gasteiger partial charge < -0.3 is 20.1 Å². The summed E-state index contributed by atoms with van der Waals surface area (Å²) >= 11 is 0. The summed E-state index contributed by atoms with van der Waals surface area (Å²) < 4.78 is 0. The molecule has 124 valence electrons. The normalized spacial score (nSPS) is 9.29. The first-order chi connectivity index (χ1) is 10.7. The number of carbonyl (C=O) groups is 2. The Kier molecular flexibility index (Phi) is 11.9. The van der Waals surface area contributed by atoms with Crippen molar-refractivity contribution in [1.82, 2.24) is 0 Å². The van der Waals surface area contributed by atoms with Gasteiger partial charge in [0.05, 0.1) is 5.56 Å². The van der Waals surface area contributed by atoms with Gasteiger partial charge in [0.25, 0.3) is 0 Å². The van der Waals surface area contributed by atoms with E-state index in [2.05, 4.69) is 20.8 Å². The van der Waals surface area contributed by atoms with Crippen LogP contribution >= 0.6 is 0 Å². The summed E-state index contributed by atoms with van der Waals surface area (Å²) in [7, 11) is 0. The molecule has 0 amide bonds. The molecule has 2 N–H and O–H groups in total. The van der Waals surface area contributed by atoms with Crippen molar-refractivity contribution in [3.63, 3.8) is 0 Å². The van der Waals surface area contributed by atoms with Crippen molar-refractivity contribution in [2.45, 2.75) is 26.2 Å². The molecule has 2 aromatic carbocycles. The zero-order valence-corrected chi connectivity index (χ0v) is 16.4. The van der Waals surface area contributed by atoms with Gasteiger partial charge in [0.15, 0.2) is 0 Å². The Labute approximate surface area is 164 Å². The molecule has 0 heterocycles. The summed E-state index contributed by atoms with van der Waals surface area (Å²) in [6.45, 7) is 8.46. The first kappa shape index (κ1) is 24.4. The van der Waals surface area contributed by atoms with Gasteiger partial charge in [0.2, 0.25) is 0 Å². The van der Waals surface area contributed by atoms with Gasteiger partial charge in [0, 0.05) is 0 Å². The summed E-state index contributed by atoms with van der Waals surface area (Å²) in [6, 6.07) is 12.9. The average Bonchev–Trinajstić information content (AvgIpc) is 2.49. The van der Waals surface area contributed by atoms with Gasteiger partial charge in [0.1, 0.15) is 12.5 Å². The van der Waals surface area contributed by atoms with Crippen molar-refractivity contribution in [3.8, 4) is 11.5 Å². The molecule has 0 aliphatic carbocycles. The number of phenolic OH excluding ortho intramolecular Hbond substituents is 1. The first-order valence-electron chi connectivity index (χ1n) is 6.79. The monoisotopic (exact) mass is 340 g/mol. The zero-order valence-electron chi connectivity index (χ0n) is 14.4. The van der Waals surface area contributed by atoms with Crippen LogP contribution < -0.4 is 34.7 Å². The second kappa shape index (κ2) is 11.7. The third-order valence-electron chi connectivity index (χ3n) is 2.85. The Morgan fingerprint density at radius 2 is 1.46 bits per heavy atom. The number of aromatic carboxylic acids is 1. The van der Waals surface area contributed by atoms with E-state index < -0.39 is 11.7 Å². The molecule has 2 aromatic rings. The minimum atomic E-state index is -1.18. The molecule has 0 atom stereocenters. The van der Waals surface area contributed by atoms with E-state index in [1.807, 2.05) is 18.9 Å². The fourth-order valence-corrected chi connectivity index (χ4v) is 1.60. The molecule has 24 heavy (non-hydrogen) atoms. The standard InChI is InChI=1S/C10H14O.C7H6O3.CH2O.Na/c1-10(2,3)8-4-6-9(11)7-5-8;8-6-4-2-1-3-5(6)7(9)10;1-2;/h4-7,11H,1-3H3;1-4,8H,(H,9,10);1H2;/q;;;+1/p-1. The number of hydrogen-bond donors (Lipinski definition) is 2. The first-order valence-corrected chi connectivity index (χ1v) is 6.79. The van der Waals surface area contributed by atoms with Crippen LogP contribution in [0.1, 0.15) is 36.7 Å². The van der Waals surface area contributed by atoms with Gasteiger partial charge in [-0.3, -0.25) is 0 Å². The Bertz CT molecular complexity index is 618. The maximum atomic E-state index is 10.7. The number of benzene rings is 2. The fourth-order valence-electron chi connectivity index (χ4n) is 1.60. The summed E-state index contributed by atoms with van der Waals surface area (Å²) in [6.07, 6.45) is 0. The number of rotatable bonds is 1. The molecule has 0 aromatic heterocycles. The van der Waals surface area contributed by atoms with E-state index in [1.165, 1.54) is 29.8 Å². The molecule has 0 saturated carbocycles. The van der Waals surface area contributed by atoms with Gasteiger partial charge in [-0.15, -0.1) is 0 Å².